The van der Waals surface area contributed by atoms with E-state index in [9.17, 15) is 9.59 Å². The van der Waals surface area contributed by atoms with Crippen molar-refractivity contribution in [2.24, 2.45) is 11.8 Å². The number of ketones is 1. The third-order valence-corrected chi connectivity index (χ3v) is 2.29. The minimum absolute atomic E-state index is 0.00116. The Kier molecular flexibility index (Phi) is 2.20. The third kappa shape index (κ3) is 1.25. The van der Waals surface area contributed by atoms with E-state index in [-0.39, 0.29) is 17.6 Å². The number of aldehydes is 1. The maximum Gasteiger partial charge on any atom is 0.136 e. The summed E-state index contributed by atoms with van der Waals surface area (Å²) in [5.74, 6) is 0.232. The first kappa shape index (κ1) is 7.45. The normalized spacial score (nSPS) is 33.9. The van der Waals surface area contributed by atoms with Crippen LogP contribution in [-0.4, -0.2) is 12.1 Å². The second kappa shape index (κ2) is 2.95. The molecule has 2 nitrogen and oxygen atoms in total. The molecule has 2 atom stereocenters. The molecule has 0 radical (unpaired) electrons. The second-order valence-electron chi connectivity index (χ2n) is 2.95. The fourth-order valence-electron chi connectivity index (χ4n) is 1.41. The molecule has 56 valence electrons. The smallest absolute Gasteiger partial charge is 0.136 e. The zero-order chi connectivity index (χ0) is 7.56. The van der Waals surface area contributed by atoms with Crippen LogP contribution in [0.2, 0.25) is 0 Å². The van der Waals surface area contributed by atoms with Gasteiger partial charge in [-0.1, -0.05) is 6.92 Å². The lowest BCUT2D eigenvalue weighted by Gasteiger charge is -2.22. The maximum absolute atomic E-state index is 11.0. The molecule has 1 fully saturated rings. The van der Waals surface area contributed by atoms with Crippen LogP contribution in [0.4, 0.5) is 0 Å². The first-order valence-electron chi connectivity index (χ1n) is 3.73. The minimum atomic E-state index is -0.0220. The quantitative estimate of drug-likeness (QED) is 0.513. The zero-order valence-electron chi connectivity index (χ0n) is 6.17. The van der Waals surface area contributed by atoms with E-state index in [1.165, 1.54) is 0 Å². The average molecular weight is 140 g/mol. The molecular weight excluding hydrogens is 128 g/mol. The number of carbonyl (C=O) groups is 2. The lowest BCUT2D eigenvalue weighted by Crippen LogP contribution is -2.26. The molecule has 1 rings (SSSR count). The van der Waals surface area contributed by atoms with Gasteiger partial charge in [0.15, 0.2) is 0 Å². The van der Waals surface area contributed by atoms with Gasteiger partial charge in [-0.3, -0.25) is 4.79 Å². The van der Waals surface area contributed by atoms with Gasteiger partial charge >= 0.3 is 0 Å². The minimum Gasteiger partial charge on any atom is -0.303 e. The fourth-order valence-corrected chi connectivity index (χ4v) is 1.41. The van der Waals surface area contributed by atoms with Gasteiger partial charge in [0.25, 0.3) is 0 Å². The lowest BCUT2D eigenvalue weighted by molar-refractivity contribution is -0.129. The first-order chi connectivity index (χ1) is 4.75. The average Bonchev–Trinajstić information content (AvgIpc) is 1.95. The molecule has 0 aromatic heterocycles. The number of hydrogen-bond acceptors (Lipinski definition) is 2. The van der Waals surface area contributed by atoms with Crippen LogP contribution in [0.1, 0.15) is 26.2 Å². The van der Waals surface area contributed by atoms with E-state index in [4.69, 9.17) is 0 Å². The van der Waals surface area contributed by atoms with Crippen LogP contribution < -0.4 is 0 Å². The molecule has 1 aliphatic rings. The molecule has 2 heteroatoms. The monoisotopic (exact) mass is 140 g/mol. The zero-order valence-corrected chi connectivity index (χ0v) is 6.17. The van der Waals surface area contributed by atoms with E-state index in [0.29, 0.717) is 6.42 Å². The van der Waals surface area contributed by atoms with Crippen LogP contribution >= 0.6 is 0 Å². The molecule has 0 aromatic rings. The van der Waals surface area contributed by atoms with E-state index >= 15 is 0 Å². The highest BCUT2D eigenvalue weighted by Gasteiger charge is 2.26. The summed E-state index contributed by atoms with van der Waals surface area (Å²) in [7, 11) is 0. The Morgan fingerprint density at radius 2 is 2.30 bits per heavy atom. The third-order valence-electron chi connectivity index (χ3n) is 2.29. The highest BCUT2D eigenvalue weighted by atomic mass is 16.1. The summed E-state index contributed by atoms with van der Waals surface area (Å²) in [5, 5.41) is 0. The molecular formula is C8H12O2. The van der Waals surface area contributed by atoms with E-state index < -0.39 is 0 Å². The van der Waals surface area contributed by atoms with Gasteiger partial charge in [0.1, 0.15) is 12.1 Å². The Bertz CT molecular complexity index is 151. The SMILES string of the molecule is CC1C(=O)CCCC1C=O. The predicted molar refractivity (Wildman–Crippen MR) is 37.6 cm³/mol. The van der Waals surface area contributed by atoms with Gasteiger partial charge in [-0.05, 0) is 12.8 Å². The predicted octanol–water partition coefficient (Wildman–Crippen LogP) is 1.19. The van der Waals surface area contributed by atoms with Crippen molar-refractivity contribution in [2.75, 3.05) is 0 Å². The van der Waals surface area contributed by atoms with Crippen LogP contribution in [0, 0.1) is 11.8 Å². The van der Waals surface area contributed by atoms with Crippen molar-refractivity contribution in [3.05, 3.63) is 0 Å². The van der Waals surface area contributed by atoms with Crippen LogP contribution in [0.25, 0.3) is 0 Å². The first-order valence-corrected chi connectivity index (χ1v) is 3.73. The fraction of sp³-hybridized carbons (Fsp3) is 0.750. The second-order valence-corrected chi connectivity index (χ2v) is 2.95. The van der Waals surface area contributed by atoms with Crippen LogP contribution in [0.3, 0.4) is 0 Å². The number of rotatable bonds is 1. The topological polar surface area (TPSA) is 34.1 Å². The van der Waals surface area contributed by atoms with E-state index in [1.807, 2.05) is 6.92 Å². The molecule has 0 amide bonds. The maximum atomic E-state index is 11.0. The lowest BCUT2D eigenvalue weighted by atomic mass is 9.80. The molecule has 0 spiro atoms. The molecule has 2 unspecified atom stereocenters. The van der Waals surface area contributed by atoms with Crippen molar-refractivity contribution in [2.45, 2.75) is 26.2 Å². The van der Waals surface area contributed by atoms with Crippen molar-refractivity contribution in [3.63, 3.8) is 0 Å². The van der Waals surface area contributed by atoms with Gasteiger partial charge in [-0.15, -0.1) is 0 Å². The molecule has 1 saturated carbocycles. The van der Waals surface area contributed by atoms with E-state index in [1.54, 1.807) is 0 Å². The van der Waals surface area contributed by atoms with E-state index in [2.05, 4.69) is 0 Å². The molecule has 0 saturated heterocycles. The van der Waals surface area contributed by atoms with Gasteiger partial charge in [0.05, 0.1) is 0 Å². The van der Waals surface area contributed by atoms with E-state index in [0.717, 1.165) is 19.1 Å². The van der Waals surface area contributed by atoms with Gasteiger partial charge in [-0.25, -0.2) is 0 Å². The van der Waals surface area contributed by atoms with Crippen molar-refractivity contribution in [1.82, 2.24) is 0 Å². The van der Waals surface area contributed by atoms with Crippen LogP contribution in [0.5, 0.6) is 0 Å². The molecule has 0 bridgehead atoms. The summed E-state index contributed by atoms with van der Waals surface area (Å²) in [5.41, 5.74) is 0. The number of Topliss-reactive ketones (excluding diaryl/α,β-unsaturated/α-hetero) is 1. The van der Waals surface area contributed by atoms with Crippen molar-refractivity contribution in [1.29, 1.82) is 0 Å². The largest absolute Gasteiger partial charge is 0.303 e. The Hall–Kier alpha value is -0.660. The van der Waals surface area contributed by atoms with Crippen molar-refractivity contribution >= 4 is 12.1 Å². The van der Waals surface area contributed by atoms with Crippen LogP contribution in [0.15, 0.2) is 0 Å². The molecule has 0 aromatic carbocycles. The summed E-state index contributed by atoms with van der Waals surface area (Å²) in [6.07, 6.45) is 3.39. The van der Waals surface area contributed by atoms with Gasteiger partial charge in [0, 0.05) is 18.3 Å². The summed E-state index contributed by atoms with van der Waals surface area (Å²) >= 11 is 0. The highest BCUT2D eigenvalue weighted by molar-refractivity contribution is 5.84. The molecule has 0 heterocycles. The molecule has 10 heavy (non-hydrogen) atoms. The summed E-state index contributed by atoms with van der Waals surface area (Å²) in [6, 6.07) is 0. The van der Waals surface area contributed by atoms with Gasteiger partial charge in [-0.2, -0.15) is 0 Å². The molecule has 0 aliphatic heterocycles. The molecule has 0 N–H and O–H groups in total. The summed E-state index contributed by atoms with van der Waals surface area (Å²) in [6.45, 7) is 1.85. The summed E-state index contributed by atoms with van der Waals surface area (Å²) < 4.78 is 0. The van der Waals surface area contributed by atoms with Crippen LogP contribution in [-0.2, 0) is 9.59 Å². The Balaban J connectivity index is 2.59. The standard InChI is InChI=1S/C8H12O2/c1-6-7(5-9)3-2-4-8(6)10/h5-7H,2-4H2,1H3. The molecule has 1 aliphatic carbocycles. The number of hydrogen-bond donors (Lipinski definition) is 0. The Morgan fingerprint density at radius 1 is 1.60 bits per heavy atom. The van der Waals surface area contributed by atoms with Gasteiger partial charge < -0.3 is 4.79 Å². The van der Waals surface area contributed by atoms with Crippen molar-refractivity contribution in [3.8, 4) is 0 Å². The summed E-state index contributed by atoms with van der Waals surface area (Å²) in [4.78, 5) is 21.4. The van der Waals surface area contributed by atoms with Crippen molar-refractivity contribution < 1.29 is 9.59 Å². The number of carbonyl (C=O) groups excluding carboxylic acids is 2. The Morgan fingerprint density at radius 3 is 2.80 bits per heavy atom. The highest BCUT2D eigenvalue weighted by Crippen LogP contribution is 2.24. The van der Waals surface area contributed by atoms with Gasteiger partial charge in [0.2, 0.25) is 0 Å². The Labute approximate surface area is 60.6 Å².